The Morgan fingerprint density at radius 3 is 2.56 bits per heavy atom. The third kappa shape index (κ3) is 3.96. The number of aromatic nitrogens is 4. The molecule has 1 aromatic carbocycles. The number of aliphatic hydroxyl groups excluding tert-OH is 1. The molecule has 0 bridgehead atoms. The van der Waals surface area contributed by atoms with Crippen LogP contribution in [0, 0.1) is 11.2 Å². The minimum atomic E-state index is -0.900. The lowest BCUT2D eigenvalue weighted by Crippen LogP contribution is -2.50. The van der Waals surface area contributed by atoms with Crippen molar-refractivity contribution in [1.82, 2.24) is 28.5 Å². The largest absolute Gasteiger partial charge is 0.389 e. The molecule has 2 saturated heterocycles. The summed E-state index contributed by atoms with van der Waals surface area (Å²) in [6.45, 7) is 1.84. The Morgan fingerprint density at radius 2 is 1.86 bits per heavy atom. The van der Waals surface area contributed by atoms with Gasteiger partial charge in [-0.3, -0.25) is 18.7 Å². The first-order valence-electron chi connectivity index (χ1n) is 12.1. The van der Waals surface area contributed by atoms with Crippen LogP contribution in [0.4, 0.5) is 4.39 Å². The highest BCUT2D eigenvalue weighted by Crippen LogP contribution is 2.39. The van der Waals surface area contributed by atoms with E-state index >= 15 is 0 Å². The molecule has 4 heterocycles. The third-order valence-electron chi connectivity index (χ3n) is 7.90. The van der Waals surface area contributed by atoms with Crippen LogP contribution < -0.4 is 11.2 Å². The molecule has 0 aliphatic carbocycles. The van der Waals surface area contributed by atoms with Gasteiger partial charge in [0.05, 0.1) is 23.9 Å². The summed E-state index contributed by atoms with van der Waals surface area (Å²) in [5.41, 5.74) is -0.475. The van der Waals surface area contributed by atoms with Crippen LogP contribution in [0.3, 0.4) is 0 Å². The topological polar surface area (TPSA) is 106 Å². The molecule has 2 fully saturated rings. The molecular weight excluding hydrogens is 467 g/mol. The summed E-state index contributed by atoms with van der Waals surface area (Å²) in [5, 5.41) is 11.0. The van der Waals surface area contributed by atoms with Crippen LogP contribution in [0.1, 0.15) is 24.4 Å². The standard InChI is InChI=1S/C25H31FN6O4/c1-28-9-7-25(8-10-28,12-16-5-4-6-17(26)11-16)23(35)31-13-18(19(33)14-31)32-15-27-20-21(32)29(2)24(36)30(3)22(20)34/h4-6,11,15,18-19,33H,7-10,12-14H2,1-3H3/t18-,19-/m1/s1. The lowest BCUT2D eigenvalue weighted by atomic mass is 9.72. The highest BCUT2D eigenvalue weighted by molar-refractivity contribution is 5.84. The van der Waals surface area contributed by atoms with E-state index in [1.807, 2.05) is 13.1 Å². The number of benzene rings is 1. The summed E-state index contributed by atoms with van der Waals surface area (Å²) in [6.07, 6.45) is 2.24. The first-order chi connectivity index (χ1) is 17.1. The number of fused-ring (bicyclic) bond motifs is 1. The number of imidazole rings is 1. The number of amides is 1. The highest BCUT2D eigenvalue weighted by Gasteiger charge is 2.47. The van der Waals surface area contributed by atoms with Gasteiger partial charge in [0.2, 0.25) is 5.91 Å². The number of rotatable bonds is 4. The Bertz CT molecular complexity index is 1430. The number of aliphatic hydroxyl groups is 1. The van der Waals surface area contributed by atoms with Crippen LogP contribution in [0.25, 0.3) is 11.2 Å². The van der Waals surface area contributed by atoms with Gasteiger partial charge < -0.3 is 19.5 Å². The van der Waals surface area contributed by atoms with E-state index in [1.165, 1.54) is 30.1 Å². The average molecular weight is 499 g/mol. The number of piperidine rings is 1. The van der Waals surface area contributed by atoms with Gasteiger partial charge in [-0.25, -0.2) is 14.2 Å². The van der Waals surface area contributed by atoms with E-state index in [1.54, 1.807) is 22.6 Å². The lowest BCUT2D eigenvalue weighted by molar-refractivity contribution is -0.144. The van der Waals surface area contributed by atoms with Gasteiger partial charge in [-0.1, -0.05) is 12.1 Å². The fourth-order valence-corrected chi connectivity index (χ4v) is 5.74. The first kappa shape index (κ1) is 24.4. The van der Waals surface area contributed by atoms with E-state index in [-0.39, 0.29) is 30.3 Å². The molecule has 2 aliphatic heterocycles. The quantitative estimate of drug-likeness (QED) is 0.554. The van der Waals surface area contributed by atoms with E-state index in [0.717, 1.165) is 23.2 Å². The minimum absolute atomic E-state index is 0.0596. The van der Waals surface area contributed by atoms with Crippen molar-refractivity contribution in [3.63, 3.8) is 0 Å². The van der Waals surface area contributed by atoms with Crippen molar-refractivity contribution in [3.8, 4) is 0 Å². The van der Waals surface area contributed by atoms with E-state index in [4.69, 9.17) is 0 Å². The van der Waals surface area contributed by atoms with Crippen LogP contribution in [-0.4, -0.2) is 78.8 Å². The number of carbonyl (C=O) groups excluding carboxylic acids is 1. The second kappa shape index (κ2) is 8.97. The van der Waals surface area contributed by atoms with Gasteiger partial charge in [-0.05, 0) is 57.1 Å². The number of hydrogen-bond acceptors (Lipinski definition) is 6. The maximum Gasteiger partial charge on any atom is 0.332 e. The molecule has 1 amide bonds. The number of aryl methyl sites for hydroxylation is 1. The summed E-state index contributed by atoms with van der Waals surface area (Å²) in [7, 11) is 4.97. The van der Waals surface area contributed by atoms with Crippen molar-refractivity contribution in [1.29, 1.82) is 0 Å². The number of hydrogen-bond donors (Lipinski definition) is 1. The van der Waals surface area contributed by atoms with Crippen molar-refractivity contribution < 1.29 is 14.3 Å². The molecule has 2 aromatic heterocycles. The normalized spacial score (nSPS) is 22.4. The monoisotopic (exact) mass is 498 g/mol. The molecule has 5 rings (SSSR count). The minimum Gasteiger partial charge on any atom is -0.389 e. The SMILES string of the molecule is CN1CCC(Cc2cccc(F)c2)(C(=O)N2C[C@@H](O)[C@H](n3cnc4c(=O)n(C)c(=O)n(C)c43)C2)CC1. The molecule has 1 N–H and O–H groups in total. The molecule has 11 heteroatoms. The van der Waals surface area contributed by atoms with E-state index < -0.39 is 28.8 Å². The summed E-state index contributed by atoms with van der Waals surface area (Å²) < 4.78 is 17.9. The number of likely N-dealkylation sites (tertiary alicyclic amines) is 2. The maximum absolute atomic E-state index is 14.0. The maximum atomic E-state index is 14.0. The first-order valence-corrected chi connectivity index (χ1v) is 12.1. The van der Waals surface area contributed by atoms with Gasteiger partial charge in [-0.2, -0.15) is 0 Å². The summed E-state index contributed by atoms with van der Waals surface area (Å²) in [4.78, 5) is 47.2. The smallest absolute Gasteiger partial charge is 0.332 e. The summed E-state index contributed by atoms with van der Waals surface area (Å²) >= 11 is 0. The zero-order valence-corrected chi connectivity index (χ0v) is 20.7. The summed E-state index contributed by atoms with van der Waals surface area (Å²) in [6, 6.07) is 5.81. The zero-order chi connectivity index (χ0) is 25.8. The molecule has 192 valence electrons. The molecule has 0 radical (unpaired) electrons. The van der Waals surface area contributed by atoms with Gasteiger partial charge in [0.15, 0.2) is 5.52 Å². The molecule has 2 atom stereocenters. The molecule has 3 aromatic rings. The molecule has 0 unspecified atom stereocenters. The molecule has 0 spiro atoms. The fourth-order valence-electron chi connectivity index (χ4n) is 5.74. The molecule has 36 heavy (non-hydrogen) atoms. The van der Waals surface area contributed by atoms with Gasteiger partial charge >= 0.3 is 5.69 Å². The van der Waals surface area contributed by atoms with Crippen LogP contribution in [-0.2, 0) is 25.3 Å². The van der Waals surface area contributed by atoms with Crippen molar-refractivity contribution in [2.24, 2.45) is 19.5 Å². The van der Waals surface area contributed by atoms with E-state index in [2.05, 4.69) is 9.88 Å². The predicted molar refractivity (Wildman–Crippen MR) is 131 cm³/mol. The Kier molecular flexibility index (Phi) is 6.08. The molecular formula is C25H31FN6O4. The van der Waals surface area contributed by atoms with Crippen molar-refractivity contribution in [2.45, 2.75) is 31.4 Å². The zero-order valence-electron chi connectivity index (χ0n) is 20.7. The van der Waals surface area contributed by atoms with Crippen LogP contribution in [0.2, 0.25) is 0 Å². The van der Waals surface area contributed by atoms with E-state index in [0.29, 0.717) is 24.9 Å². The lowest BCUT2D eigenvalue weighted by Gasteiger charge is -2.41. The number of carbonyl (C=O) groups is 1. The van der Waals surface area contributed by atoms with Crippen molar-refractivity contribution >= 4 is 17.1 Å². The Balaban J connectivity index is 1.47. The van der Waals surface area contributed by atoms with Gasteiger partial charge in [0.1, 0.15) is 11.5 Å². The predicted octanol–water partition coefficient (Wildman–Crippen LogP) is 0.272. The van der Waals surface area contributed by atoms with E-state index in [9.17, 15) is 23.9 Å². The van der Waals surface area contributed by atoms with Crippen molar-refractivity contribution in [2.75, 3.05) is 33.2 Å². The second-order valence-corrected chi connectivity index (χ2v) is 10.3. The van der Waals surface area contributed by atoms with Crippen LogP contribution >= 0.6 is 0 Å². The third-order valence-corrected chi connectivity index (χ3v) is 7.90. The summed E-state index contributed by atoms with van der Waals surface area (Å²) in [5.74, 6) is -0.390. The second-order valence-electron chi connectivity index (χ2n) is 10.3. The number of nitrogens with zero attached hydrogens (tertiary/aromatic N) is 6. The Morgan fingerprint density at radius 1 is 1.14 bits per heavy atom. The average Bonchev–Trinajstić information content (AvgIpc) is 3.46. The molecule has 10 nitrogen and oxygen atoms in total. The highest BCUT2D eigenvalue weighted by atomic mass is 19.1. The number of halogens is 1. The number of β-amino-alcohol motifs (C(OH)–C–C–N with tert-alkyl or cyclic N) is 1. The van der Waals surface area contributed by atoms with Gasteiger partial charge in [0, 0.05) is 27.2 Å². The Labute approximate surface area is 207 Å². The molecule has 2 aliphatic rings. The molecule has 0 saturated carbocycles. The van der Waals surface area contributed by atoms with Gasteiger partial charge in [-0.15, -0.1) is 0 Å². The van der Waals surface area contributed by atoms with Gasteiger partial charge in [0.25, 0.3) is 5.56 Å². The van der Waals surface area contributed by atoms with Crippen LogP contribution in [0.15, 0.2) is 40.2 Å². The fraction of sp³-hybridized carbons (Fsp3) is 0.520. The van der Waals surface area contributed by atoms with Crippen molar-refractivity contribution in [3.05, 3.63) is 62.8 Å². The van der Waals surface area contributed by atoms with Crippen LogP contribution in [0.5, 0.6) is 0 Å². The Hall–Kier alpha value is -3.31.